The largest absolute Gasteiger partial charge is 0.380 e. The lowest BCUT2D eigenvalue weighted by molar-refractivity contribution is -0.385. The first-order valence-corrected chi connectivity index (χ1v) is 8.20. The Morgan fingerprint density at radius 1 is 1.24 bits per heavy atom. The van der Waals surface area contributed by atoms with Crippen LogP contribution in [0.25, 0.3) is 0 Å². The summed E-state index contributed by atoms with van der Waals surface area (Å²) in [6, 6.07) is 5.78. The van der Waals surface area contributed by atoms with E-state index in [1.54, 1.807) is 0 Å². The van der Waals surface area contributed by atoms with Crippen molar-refractivity contribution in [3.8, 4) is 0 Å². The molecule has 8 heteroatoms. The number of nitrogens with zero attached hydrogens (tertiary/aromatic N) is 4. The molecule has 3 rings (SSSR count). The molecule has 0 unspecified atom stereocenters. The molecule has 1 N–H and O–H groups in total. The molecule has 2 heterocycles. The first-order valence-electron chi connectivity index (χ1n) is 8.20. The van der Waals surface area contributed by atoms with Gasteiger partial charge in [-0.2, -0.15) is 0 Å². The second kappa shape index (κ2) is 7.00. The maximum Gasteiger partial charge on any atom is 0.272 e. The van der Waals surface area contributed by atoms with Crippen molar-refractivity contribution in [1.82, 2.24) is 9.97 Å². The molecule has 1 fully saturated rings. The van der Waals surface area contributed by atoms with Gasteiger partial charge in [0.1, 0.15) is 11.6 Å². The third kappa shape index (κ3) is 4.01. The van der Waals surface area contributed by atoms with Gasteiger partial charge in [0.15, 0.2) is 5.82 Å². The van der Waals surface area contributed by atoms with E-state index in [-0.39, 0.29) is 11.7 Å². The summed E-state index contributed by atoms with van der Waals surface area (Å²) in [7, 11) is 0. The molecule has 7 nitrogen and oxygen atoms in total. The number of piperidine rings is 1. The molecule has 0 radical (unpaired) electrons. The molecule has 0 bridgehead atoms. The van der Waals surface area contributed by atoms with Crippen molar-refractivity contribution in [2.24, 2.45) is 0 Å². The fraction of sp³-hybridized carbons (Fsp3) is 0.412. The van der Waals surface area contributed by atoms with Crippen molar-refractivity contribution >= 4 is 17.2 Å². The molecule has 1 saturated heterocycles. The molecular weight excluding hydrogens is 325 g/mol. The van der Waals surface area contributed by atoms with Gasteiger partial charge in [0.05, 0.1) is 16.7 Å². The predicted molar refractivity (Wildman–Crippen MR) is 93.4 cm³/mol. The topological polar surface area (TPSA) is 84.2 Å². The lowest BCUT2D eigenvalue weighted by atomic mass is 10.0. The first kappa shape index (κ1) is 17.1. The Morgan fingerprint density at radius 2 is 1.96 bits per heavy atom. The molecule has 132 valence electrons. The molecule has 0 amide bonds. The van der Waals surface area contributed by atoms with Gasteiger partial charge in [-0.15, -0.1) is 0 Å². The summed E-state index contributed by atoms with van der Waals surface area (Å²) in [5.74, 6) is 1.08. The monoisotopic (exact) mass is 345 g/mol. The van der Waals surface area contributed by atoms with Crippen LogP contribution in [0.15, 0.2) is 24.3 Å². The van der Waals surface area contributed by atoms with E-state index in [4.69, 9.17) is 0 Å². The van der Waals surface area contributed by atoms with E-state index < -0.39 is 10.7 Å². The average molecular weight is 345 g/mol. The maximum atomic E-state index is 14.0. The number of nitro groups is 1. The van der Waals surface area contributed by atoms with E-state index in [1.807, 2.05) is 19.9 Å². The van der Waals surface area contributed by atoms with Crippen LogP contribution in [0, 0.1) is 29.8 Å². The fourth-order valence-corrected chi connectivity index (χ4v) is 3.07. The number of hydrogen-bond acceptors (Lipinski definition) is 6. The predicted octanol–water partition coefficient (Wildman–Crippen LogP) is 3.22. The van der Waals surface area contributed by atoms with Crippen LogP contribution in [0.5, 0.6) is 0 Å². The molecule has 1 aromatic carbocycles. The summed E-state index contributed by atoms with van der Waals surface area (Å²) in [6.07, 6.45) is 1.66. The van der Waals surface area contributed by atoms with Crippen molar-refractivity contribution in [3.05, 3.63) is 51.7 Å². The molecule has 0 atom stereocenters. The number of rotatable bonds is 4. The van der Waals surface area contributed by atoms with Gasteiger partial charge < -0.3 is 10.2 Å². The summed E-state index contributed by atoms with van der Waals surface area (Å²) >= 11 is 0. The molecule has 25 heavy (non-hydrogen) atoms. The Hall–Kier alpha value is -2.77. The van der Waals surface area contributed by atoms with Crippen LogP contribution in [0.2, 0.25) is 0 Å². The van der Waals surface area contributed by atoms with Gasteiger partial charge in [-0.3, -0.25) is 10.1 Å². The summed E-state index contributed by atoms with van der Waals surface area (Å²) in [6.45, 7) is 5.44. The number of hydrogen-bond donors (Lipinski definition) is 1. The molecular formula is C17H20FN5O2. The number of aromatic nitrogens is 2. The first-order chi connectivity index (χ1) is 11.9. The minimum atomic E-state index is -0.600. The number of benzene rings is 1. The van der Waals surface area contributed by atoms with E-state index in [1.165, 1.54) is 12.1 Å². The van der Waals surface area contributed by atoms with E-state index >= 15 is 0 Å². The highest BCUT2D eigenvalue weighted by Gasteiger charge is 2.22. The van der Waals surface area contributed by atoms with Crippen LogP contribution in [0.4, 0.5) is 21.6 Å². The van der Waals surface area contributed by atoms with Crippen LogP contribution in [-0.4, -0.2) is 34.0 Å². The Balaban J connectivity index is 1.62. The van der Waals surface area contributed by atoms with Crippen LogP contribution >= 0.6 is 0 Å². The van der Waals surface area contributed by atoms with Crippen LogP contribution in [0.1, 0.15) is 24.4 Å². The van der Waals surface area contributed by atoms with Crippen LogP contribution in [0.3, 0.4) is 0 Å². The Kier molecular flexibility index (Phi) is 4.78. The van der Waals surface area contributed by atoms with Gasteiger partial charge in [0.2, 0.25) is 0 Å². The second-order valence-corrected chi connectivity index (χ2v) is 6.24. The van der Waals surface area contributed by atoms with E-state index in [2.05, 4.69) is 20.2 Å². The molecule has 0 spiro atoms. The highest BCUT2D eigenvalue weighted by Crippen LogP contribution is 2.25. The summed E-state index contributed by atoms with van der Waals surface area (Å²) < 4.78 is 14.0. The number of non-ortho nitro benzene ring substituents is 1. The SMILES string of the molecule is Cc1cc(N2CCC(Nc3ccc([N+](=O)[O-])cc3F)CC2)nc(C)n1. The van der Waals surface area contributed by atoms with E-state index in [0.29, 0.717) is 5.69 Å². The standard InChI is InChI=1S/C17H20FN5O2/c1-11-9-17(20-12(2)19-11)22-7-5-13(6-8-22)21-16-4-3-14(23(24)25)10-15(16)18/h3-4,9-10,13,21H,5-8H2,1-2H3. The molecule has 0 aliphatic carbocycles. The minimum Gasteiger partial charge on any atom is -0.380 e. The molecule has 1 aliphatic rings. The number of aryl methyl sites for hydroxylation is 2. The fourth-order valence-electron chi connectivity index (χ4n) is 3.07. The number of halogens is 1. The summed E-state index contributed by atoms with van der Waals surface area (Å²) in [5, 5.41) is 13.8. The van der Waals surface area contributed by atoms with Crippen LogP contribution < -0.4 is 10.2 Å². The van der Waals surface area contributed by atoms with Crippen molar-refractivity contribution in [2.45, 2.75) is 32.7 Å². The third-order valence-electron chi connectivity index (χ3n) is 4.29. The molecule has 1 aromatic heterocycles. The zero-order chi connectivity index (χ0) is 18.0. The summed E-state index contributed by atoms with van der Waals surface area (Å²) in [5.41, 5.74) is 1.00. The quantitative estimate of drug-likeness (QED) is 0.676. The smallest absolute Gasteiger partial charge is 0.272 e. The highest BCUT2D eigenvalue weighted by molar-refractivity contribution is 5.51. The van der Waals surface area contributed by atoms with E-state index in [9.17, 15) is 14.5 Å². The Bertz CT molecular complexity index is 770. The molecule has 1 aliphatic heterocycles. The maximum absolute atomic E-state index is 14.0. The zero-order valence-electron chi connectivity index (χ0n) is 14.2. The molecule has 2 aromatic rings. The Morgan fingerprint density at radius 3 is 2.56 bits per heavy atom. The van der Waals surface area contributed by atoms with Crippen molar-refractivity contribution in [2.75, 3.05) is 23.3 Å². The van der Waals surface area contributed by atoms with Crippen LogP contribution in [-0.2, 0) is 0 Å². The van der Waals surface area contributed by atoms with Gasteiger partial charge in [-0.1, -0.05) is 0 Å². The van der Waals surface area contributed by atoms with Gasteiger partial charge in [0, 0.05) is 37.0 Å². The number of nitro benzene ring substituents is 1. The zero-order valence-corrected chi connectivity index (χ0v) is 14.2. The lowest BCUT2D eigenvalue weighted by Gasteiger charge is -2.33. The number of anilines is 2. The van der Waals surface area contributed by atoms with Gasteiger partial charge in [-0.25, -0.2) is 14.4 Å². The van der Waals surface area contributed by atoms with Crippen molar-refractivity contribution in [3.63, 3.8) is 0 Å². The van der Waals surface area contributed by atoms with E-state index in [0.717, 1.165) is 49.3 Å². The Labute approximate surface area is 145 Å². The third-order valence-corrected chi connectivity index (χ3v) is 4.29. The minimum absolute atomic E-state index is 0.122. The number of nitrogens with one attached hydrogen (secondary N) is 1. The van der Waals surface area contributed by atoms with Crippen molar-refractivity contribution < 1.29 is 9.31 Å². The normalized spacial score (nSPS) is 15.2. The second-order valence-electron chi connectivity index (χ2n) is 6.24. The highest BCUT2D eigenvalue weighted by atomic mass is 19.1. The van der Waals surface area contributed by atoms with Gasteiger partial charge >= 0.3 is 0 Å². The average Bonchev–Trinajstić information content (AvgIpc) is 2.56. The van der Waals surface area contributed by atoms with Crippen molar-refractivity contribution in [1.29, 1.82) is 0 Å². The summed E-state index contributed by atoms with van der Waals surface area (Å²) in [4.78, 5) is 21.0. The van der Waals surface area contributed by atoms with Gasteiger partial charge in [0.25, 0.3) is 5.69 Å². The lowest BCUT2D eigenvalue weighted by Crippen LogP contribution is -2.39. The molecule has 0 saturated carbocycles. The van der Waals surface area contributed by atoms with Gasteiger partial charge in [-0.05, 0) is 32.8 Å².